The van der Waals surface area contributed by atoms with Crippen molar-refractivity contribution >= 4 is 23.2 Å². The lowest BCUT2D eigenvalue weighted by Gasteiger charge is -2.44. The first-order chi connectivity index (χ1) is 27.9. The van der Waals surface area contributed by atoms with Crippen LogP contribution in [0, 0.1) is 16.0 Å². The molecule has 3 aliphatic heterocycles. The van der Waals surface area contributed by atoms with E-state index in [0.29, 0.717) is 17.9 Å². The monoisotopic (exact) mass is 801 g/mol. The SMILES string of the molecule is C[C@H]1[C@@H](CN2CCN(c3ccc([N+](=O)[O-])cc3)CC2)O[C@@H](c2ccc(-c3ccccc3CNC(=O)[C@@H]3CCCN3C(=O)C(F)(F)F)cc2)O[C@H]1c1ccc(CO)cc1. The first kappa shape index (κ1) is 40.8. The maximum atomic E-state index is 13.2. The van der Waals surface area contributed by atoms with Crippen molar-refractivity contribution in [2.24, 2.45) is 5.92 Å². The van der Waals surface area contributed by atoms with Crippen molar-refractivity contribution < 1.29 is 42.3 Å². The molecule has 2 amide bonds. The normalized spacial score (nSPS) is 22.8. The third-order valence-electron chi connectivity index (χ3n) is 11.4. The molecule has 0 unspecified atom stereocenters. The van der Waals surface area contributed by atoms with Crippen LogP contribution in [-0.2, 0) is 32.2 Å². The number of hydrogen-bond acceptors (Lipinski definition) is 9. The number of anilines is 1. The zero-order valence-electron chi connectivity index (χ0n) is 32.0. The molecule has 12 nitrogen and oxygen atoms in total. The van der Waals surface area contributed by atoms with E-state index in [0.717, 1.165) is 65.2 Å². The second kappa shape index (κ2) is 17.6. The van der Waals surface area contributed by atoms with Gasteiger partial charge in [0, 0.05) is 75.1 Å². The van der Waals surface area contributed by atoms with Crippen molar-refractivity contribution in [1.82, 2.24) is 15.1 Å². The van der Waals surface area contributed by atoms with Crippen LogP contribution < -0.4 is 10.2 Å². The summed E-state index contributed by atoms with van der Waals surface area (Å²) in [5.41, 5.74) is 6.03. The highest BCUT2D eigenvalue weighted by molar-refractivity contribution is 5.90. The molecule has 4 aromatic carbocycles. The van der Waals surface area contributed by atoms with Crippen LogP contribution in [0.25, 0.3) is 11.1 Å². The summed E-state index contributed by atoms with van der Waals surface area (Å²) in [6.07, 6.45) is -5.75. The molecule has 58 heavy (non-hydrogen) atoms. The van der Waals surface area contributed by atoms with Crippen LogP contribution >= 0.6 is 0 Å². The van der Waals surface area contributed by atoms with Gasteiger partial charge in [-0.3, -0.25) is 24.6 Å². The topological polar surface area (TPSA) is 138 Å². The molecule has 2 N–H and O–H groups in total. The summed E-state index contributed by atoms with van der Waals surface area (Å²) in [6, 6.07) is 28.4. The summed E-state index contributed by atoms with van der Waals surface area (Å²) in [6.45, 7) is 5.75. The number of benzene rings is 4. The van der Waals surface area contributed by atoms with Gasteiger partial charge in [-0.05, 0) is 52.8 Å². The van der Waals surface area contributed by atoms with Gasteiger partial charge >= 0.3 is 12.1 Å². The van der Waals surface area contributed by atoms with Crippen LogP contribution in [0.4, 0.5) is 24.5 Å². The highest BCUT2D eigenvalue weighted by Crippen LogP contribution is 2.42. The van der Waals surface area contributed by atoms with Crippen molar-refractivity contribution in [3.8, 4) is 11.1 Å². The highest BCUT2D eigenvalue weighted by atomic mass is 19.4. The number of likely N-dealkylation sites (tertiary alicyclic amines) is 1. The van der Waals surface area contributed by atoms with E-state index >= 15 is 0 Å². The molecule has 4 aromatic rings. The Balaban J connectivity index is 1.04. The van der Waals surface area contributed by atoms with E-state index in [1.807, 2.05) is 72.8 Å². The lowest BCUT2D eigenvalue weighted by Crippen LogP contribution is -2.51. The summed E-state index contributed by atoms with van der Waals surface area (Å²) in [4.78, 5) is 40.9. The average Bonchev–Trinajstić information content (AvgIpc) is 3.74. The van der Waals surface area contributed by atoms with Gasteiger partial charge in [-0.1, -0.05) is 79.7 Å². The molecule has 3 aliphatic rings. The molecule has 3 fully saturated rings. The van der Waals surface area contributed by atoms with Crippen LogP contribution in [0.5, 0.6) is 0 Å². The third-order valence-corrected chi connectivity index (χ3v) is 11.4. The average molecular weight is 802 g/mol. The number of aliphatic hydroxyl groups excluding tert-OH is 1. The fourth-order valence-corrected chi connectivity index (χ4v) is 8.08. The van der Waals surface area contributed by atoms with E-state index in [2.05, 4.69) is 22.0 Å². The summed E-state index contributed by atoms with van der Waals surface area (Å²) < 4.78 is 52.9. The van der Waals surface area contributed by atoms with Gasteiger partial charge in [0.15, 0.2) is 6.29 Å². The smallest absolute Gasteiger partial charge is 0.392 e. The Bertz CT molecular complexity index is 2060. The minimum atomic E-state index is -5.04. The van der Waals surface area contributed by atoms with Gasteiger partial charge in [0.25, 0.3) is 5.69 Å². The zero-order valence-corrected chi connectivity index (χ0v) is 32.0. The molecule has 0 aromatic heterocycles. The molecule has 0 spiro atoms. The summed E-state index contributed by atoms with van der Waals surface area (Å²) in [7, 11) is 0. The lowest BCUT2D eigenvalue weighted by molar-refractivity contribution is -0.384. The quantitative estimate of drug-likeness (QED) is 0.128. The van der Waals surface area contributed by atoms with Gasteiger partial charge in [0.2, 0.25) is 5.91 Å². The number of ether oxygens (including phenoxy) is 2. The fourth-order valence-electron chi connectivity index (χ4n) is 8.08. The summed E-state index contributed by atoms with van der Waals surface area (Å²) in [5.74, 6) is -2.64. The minimum absolute atomic E-state index is 0.0202. The largest absolute Gasteiger partial charge is 0.471 e. The number of halogens is 3. The first-order valence-corrected chi connectivity index (χ1v) is 19.5. The van der Waals surface area contributed by atoms with Crippen molar-refractivity contribution in [2.45, 2.75) is 63.6 Å². The number of hydrogen-bond donors (Lipinski definition) is 2. The number of carbonyl (C=O) groups excluding carboxylic acids is 2. The number of nitrogens with zero attached hydrogens (tertiary/aromatic N) is 4. The number of non-ortho nitro benzene ring substituents is 1. The van der Waals surface area contributed by atoms with E-state index < -0.39 is 35.2 Å². The Labute approximate surface area is 334 Å². The minimum Gasteiger partial charge on any atom is -0.392 e. The molecule has 0 saturated carbocycles. The molecule has 15 heteroatoms. The van der Waals surface area contributed by atoms with Crippen LogP contribution in [0.1, 0.15) is 54.4 Å². The molecule has 3 saturated heterocycles. The number of amides is 2. The van der Waals surface area contributed by atoms with Gasteiger partial charge < -0.3 is 29.7 Å². The Kier molecular flexibility index (Phi) is 12.4. The Morgan fingerprint density at radius 2 is 1.55 bits per heavy atom. The van der Waals surface area contributed by atoms with Crippen molar-refractivity contribution in [1.29, 1.82) is 0 Å². The third kappa shape index (κ3) is 9.18. The summed E-state index contributed by atoms with van der Waals surface area (Å²) in [5, 5.41) is 23.5. The number of rotatable bonds is 11. The van der Waals surface area contributed by atoms with E-state index in [4.69, 9.17) is 9.47 Å². The maximum absolute atomic E-state index is 13.2. The highest BCUT2D eigenvalue weighted by Gasteiger charge is 2.47. The van der Waals surface area contributed by atoms with E-state index in [1.54, 1.807) is 12.1 Å². The van der Waals surface area contributed by atoms with E-state index in [-0.39, 0.29) is 49.9 Å². The maximum Gasteiger partial charge on any atom is 0.471 e. The first-order valence-electron chi connectivity index (χ1n) is 19.5. The number of piperazine rings is 1. The number of nitro benzene ring substituents is 1. The predicted molar refractivity (Wildman–Crippen MR) is 209 cm³/mol. The molecule has 7 rings (SSSR count). The second-order valence-corrected chi connectivity index (χ2v) is 15.0. The Morgan fingerprint density at radius 3 is 2.21 bits per heavy atom. The molecule has 306 valence electrons. The van der Waals surface area contributed by atoms with Crippen LogP contribution in [0.2, 0.25) is 0 Å². The van der Waals surface area contributed by atoms with Crippen molar-refractivity contribution in [2.75, 3.05) is 44.2 Å². The number of aliphatic hydroxyl groups is 1. The van der Waals surface area contributed by atoms with Crippen LogP contribution in [0.3, 0.4) is 0 Å². The van der Waals surface area contributed by atoms with Gasteiger partial charge in [0.1, 0.15) is 6.04 Å². The number of nitrogens with one attached hydrogen (secondary N) is 1. The molecule has 3 heterocycles. The Morgan fingerprint density at radius 1 is 0.879 bits per heavy atom. The standard InChI is InChI=1S/C43H46F3N5O7/c1-28-38(26-48-21-23-49(24-22-48)34-16-18-35(19-17-34)51(55)56)57-41(58-39(28)31-10-8-29(27-52)9-11-31)32-14-12-30(13-15-32)36-6-3-2-5-33(36)25-47-40(53)37-7-4-20-50(37)42(54)43(44,45)46/h2-3,5-6,8-19,28,37-39,41,52H,4,7,20-27H2,1H3,(H,47,53)/t28-,37-,38+,39+,41+/m0/s1. The van der Waals surface area contributed by atoms with Crippen molar-refractivity contribution in [3.05, 3.63) is 129 Å². The molecule has 0 bridgehead atoms. The molecule has 0 radical (unpaired) electrons. The zero-order chi connectivity index (χ0) is 41.0. The van der Waals surface area contributed by atoms with Gasteiger partial charge in [-0.25, -0.2) is 0 Å². The van der Waals surface area contributed by atoms with E-state index in [9.17, 15) is 38.0 Å². The second-order valence-electron chi connectivity index (χ2n) is 15.0. The Hall–Kier alpha value is -5.35. The molecule has 5 atom stereocenters. The fraction of sp³-hybridized carbons (Fsp3) is 0.395. The summed E-state index contributed by atoms with van der Waals surface area (Å²) >= 11 is 0. The molecular weight excluding hydrogens is 755 g/mol. The predicted octanol–water partition coefficient (Wildman–Crippen LogP) is 6.54. The van der Waals surface area contributed by atoms with Gasteiger partial charge in [-0.15, -0.1) is 0 Å². The van der Waals surface area contributed by atoms with Crippen LogP contribution in [0.15, 0.2) is 97.1 Å². The number of alkyl halides is 3. The van der Waals surface area contributed by atoms with Crippen LogP contribution in [-0.4, -0.2) is 89.2 Å². The van der Waals surface area contributed by atoms with Crippen molar-refractivity contribution in [3.63, 3.8) is 0 Å². The number of nitro groups is 1. The number of carbonyl (C=O) groups is 2. The van der Waals surface area contributed by atoms with Gasteiger partial charge in [-0.2, -0.15) is 13.2 Å². The lowest BCUT2D eigenvalue weighted by atomic mass is 9.89. The molecule has 0 aliphatic carbocycles. The molecular formula is C43H46F3N5O7. The van der Waals surface area contributed by atoms with Gasteiger partial charge in [0.05, 0.1) is 23.7 Å². The van der Waals surface area contributed by atoms with E-state index in [1.165, 1.54) is 12.1 Å².